The van der Waals surface area contributed by atoms with Crippen LogP contribution in [0.3, 0.4) is 0 Å². The normalized spacial score (nSPS) is 13.0. The number of fused-ring (bicyclic) bond motifs is 2. The Balaban J connectivity index is 1.15. The zero-order chi connectivity index (χ0) is 31.5. The van der Waals surface area contributed by atoms with Gasteiger partial charge in [-0.1, -0.05) is 139 Å². The summed E-state index contributed by atoms with van der Waals surface area (Å²) in [5.74, 6) is 0. The summed E-state index contributed by atoms with van der Waals surface area (Å²) in [6.07, 6.45) is 0. The Morgan fingerprint density at radius 1 is 0.378 bits per heavy atom. The van der Waals surface area contributed by atoms with Crippen LogP contribution in [-0.4, -0.2) is 0 Å². The van der Waals surface area contributed by atoms with E-state index < -0.39 is 0 Å². The maximum absolute atomic E-state index is 9.21. The molecule has 9 aromatic carbocycles. The third kappa shape index (κ3) is 4.41. The van der Waals surface area contributed by atoms with Gasteiger partial charge in [0.2, 0.25) is 0 Å². The number of hydrogen-bond donors (Lipinski definition) is 0. The molecule has 0 fully saturated rings. The first-order valence-electron chi connectivity index (χ1n) is 16.3. The molecule has 0 radical (unpaired) electrons. The molecule has 0 saturated carbocycles. The highest BCUT2D eigenvalue weighted by atomic mass is 15.1. The van der Waals surface area contributed by atoms with E-state index in [2.05, 4.69) is 150 Å². The first-order valence-corrected chi connectivity index (χ1v) is 15.3. The Morgan fingerprint density at radius 3 is 1.51 bits per heavy atom. The third-order valence-electron chi connectivity index (χ3n) is 8.98. The van der Waals surface area contributed by atoms with E-state index in [1.165, 1.54) is 37.7 Å². The van der Waals surface area contributed by atoms with Crippen LogP contribution < -0.4 is 4.90 Å². The standard InChI is InChI=1S/C44H29N/c1-3-8-37-28-40(25-20-31(37)6-1)45(41-26-21-32-7-2-4-9-38(32)29-41)39-23-13-30(14-24-39)12-15-33-16-17-36-19-18-34-10-5-11-35-22-27-42(33)44(36)43(34)35/h1-29H/b15-12+/i12D,15D. The van der Waals surface area contributed by atoms with Gasteiger partial charge in [0, 0.05) is 17.1 Å². The molecule has 1 nitrogen and oxygen atoms in total. The summed E-state index contributed by atoms with van der Waals surface area (Å²) in [5, 5.41) is 11.7. The van der Waals surface area contributed by atoms with Gasteiger partial charge in [0.05, 0.1) is 2.74 Å². The minimum Gasteiger partial charge on any atom is -0.310 e. The van der Waals surface area contributed by atoms with Gasteiger partial charge in [-0.3, -0.25) is 0 Å². The summed E-state index contributed by atoms with van der Waals surface area (Å²) in [5.41, 5.74) is 4.59. The molecule has 210 valence electrons. The lowest BCUT2D eigenvalue weighted by molar-refractivity contribution is 1.29. The van der Waals surface area contributed by atoms with Gasteiger partial charge in [0.25, 0.3) is 0 Å². The van der Waals surface area contributed by atoms with Crippen molar-refractivity contribution in [2.24, 2.45) is 0 Å². The average molecular weight is 574 g/mol. The van der Waals surface area contributed by atoms with Crippen molar-refractivity contribution in [1.29, 1.82) is 0 Å². The molecule has 9 aromatic rings. The van der Waals surface area contributed by atoms with Crippen molar-refractivity contribution >= 4 is 83.0 Å². The summed E-state index contributed by atoms with van der Waals surface area (Å²) in [6, 6.07) is 57.4. The van der Waals surface area contributed by atoms with Gasteiger partial charge in [-0.05, 0) is 101 Å². The zero-order valence-corrected chi connectivity index (χ0v) is 24.5. The highest BCUT2D eigenvalue weighted by molar-refractivity contribution is 6.24. The molecular formula is C44H29N. The molecule has 0 amide bonds. The van der Waals surface area contributed by atoms with Crippen LogP contribution in [0.1, 0.15) is 13.9 Å². The molecule has 0 aliphatic heterocycles. The number of rotatable bonds is 5. The molecule has 0 N–H and O–H groups in total. The third-order valence-corrected chi connectivity index (χ3v) is 8.98. The van der Waals surface area contributed by atoms with E-state index in [4.69, 9.17) is 1.37 Å². The Morgan fingerprint density at radius 2 is 0.867 bits per heavy atom. The van der Waals surface area contributed by atoms with Crippen LogP contribution in [-0.2, 0) is 0 Å². The quantitative estimate of drug-likeness (QED) is 0.146. The molecule has 0 heterocycles. The number of nitrogens with zero attached hydrogens (tertiary/aromatic N) is 1. The zero-order valence-electron chi connectivity index (χ0n) is 26.5. The largest absolute Gasteiger partial charge is 0.310 e. The smallest absolute Gasteiger partial charge is 0.0629 e. The molecule has 0 aliphatic rings. The Bertz CT molecular complexity index is 2560. The van der Waals surface area contributed by atoms with E-state index in [1.54, 1.807) is 0 Å². The topological polar surface area (TPSA) is 3.24 Å². The summed E-state index contributed by atoms with van der Waals surface area (Å²) < 4.78 is 18.4. The van der Waals surface area contributed by atoms with Gasteiger partial charge in [0.1, 0.15) is 0 Å². The molecule has 0 atom stereocenters. The van der Waals surface area contributed by atoms with Crippen molar-refractivity contribution < 1.29 is 2.74 Å². The van der Waals surface area contributed by atoms with Gasteiger partial charge in [-0.25, -0.2) is 0 Å². The van der Waals surface area contributed by atoms with E-state index in [0.717, 1.165) is 38.8 Å². The maximum Gasteiger partial charge on any atom is 0.0629 e. The van der Waals surface area contributed by atoms with Gasteiger partial charge < -0.3 is 4.90 Å². The van der Waals surface area contributed by atoms with Crippen molar-refractivity contribution in [3.05, 3.63) is 175 Å². The van der Waals surface area contributed by atoms with Crippen molar-refractivity contribution in [3.8, 4) is 0 Å². The fourth-order valence-corrected chi connectivity index (χ4v) is 6.76. The first kappa shape index (κ1) is 23.5. The van der Waals surface area contributed by atoms with Crippen LogP contribution in [0, 0.1) is 0 Å². The lowest BCUT2D eigenvalue weighted by atomic mass is 9.92. The van der Waals surface area contributed by atoms with Gasteiger partial charge >= 0.3 is 0 Å². The fourth-order valence-electron chi connectivity index (χ4n) is 6.76. The van der Waals surface area contributed by atoms with E-state index in [-0.39, 0.29) is 12.1 Å². The van der Waals surface area contributed by atoms with Crippen molar-refractivity contribution in [2.45, 2.75) is 0 Å². The molecule has 0 aromatic heterocycles. The molecule has 0 unspecified atom stereocenters. The molecule has 0 bridgehead atoms. The minimum absolute atomic E-state index is 0.203. The van der Waals surface area contributed by atoms with Crippen LogP contribution in [0.5, 0.6) is 0 Å². The summed E-state index contributed by atoms with van der Waals surface area (Å²) in [4.78, 5) is 2.26. The highest BCUT2D eigenvalue weighted by Gasteiger charge is 2.14. The molecule has 1 heteroatoms. The maximum atomic E-state index is 9.21. The summed E-state index contributed by atoms with van der Waals surface area (Å²) in [7, 11) is 0. The molecule has 0 aliphatic carbocycles. The fraction of sp³-hybridized carbons (Fsp3) is 0. The second-order valence-corrected chi connectivity index (χ2v) is 11.7. The second kappa shape index (κ2) is 10.4. The molecule has 45 heavy (non-hydrogen) atoms. The van der Waals surface area contributed by atoms with Crippen LogP contribution in [0.2, 0.25) is 0 Å². The van der Waals surface area contributed by atoms with Crippen molar-refractivity contribution in [3.63, 3.8) is 0 Å². The van der Waals surface area contributed by atoms with Crippen LogP contribution in [0.25, 0.3) is 66.0 Å². The van der Waals surface area contributed by atoms with Crippen LogP contribution in [0.4, 0.5) is 17.1 Å². The molecule has 0 spiro atoms. The van der Waals surface area contributed by atoms with Gasteiger partial charge in [-0.15, -0.1) is 0 Å². The van der Waals surface area contributed by atoms with Gasteiger partial charge in [-0.2, -0.15) is 0 Å². The lowest BCUT2D eigenvalue weighted by Gasteiger charge is -2.26. The van der Waals surface area contributed by atoms with E-state index in [1.807, 2.05) is 18.2 Å². The monoisotopic (exact) mass is 573 g/mol. The van der Waals surface area contributed by atoms with E-state index >= 15 is 0 Å². The lowest BCUT2D eigenvalue weighted by Crippen LogP contribution is -2.09. The highest BCUT2D eigenvalue weighted by Crippen LogP contribution is 2.39. The molecular weight excluding hydrogens is 542 g/mol. The number of benzene rings is 9. The van der Waals surface area contributed by atoms with Gasteiger partial charge in [0.15, 0.2) is 0 Å². The van der Waals surface area contributed by atoms with Crippen molar-refractivity contribution in [2.75, 3.05) is 4.90 Å². The Hall–Kier alpha value is -5.92. The summed E-state index contributed by atoms with van der Waals surface area (Å²) >= 11 is 0. The van der Waals surface area contributed by atoms with Crippen molar-refractivity contribution in [1.82, 2.24) is 0 Å². The van der Waals surface area contributed by atoms with Crippen LogP contribution >= 0.6 is 0 Å². The summed E-state index contributed by atoms with van der Waals surface area (Å²) in [6.45, 7) is 0. The van der Waals surface area contributed by atoms with E-state index in [0.29, 0.717) is 5.56 Å². The Kier molecular flexibility index (Phi) is 5.42. The second-order valence-electron chi connectivity index (χ2n) is 11.7. The molecule has 9 rings (SSSR count). The first-order chi connectivity index (χ1) is 23.1. The number of anilines is 3. The SMILES string of the molecule is [2H]/C(=C(/[2H])c1ccc2ccc3cccc4ccc1c2c34)c1ccc(N(c2ccc3ccccc3c2)c2ccc3ccccc3c2)cc1. The predicted octanol–water partition coefficient (Wildman–Crippen LogP) is 12.5. The number of hydrogen-bond acceptors (Lipinski definition) is 1. The average Bonchev–Trinajstić information content (AvgIpc) is 3.13. The Labute approximate surface area is 265 Å². The van der Waals surface area contributed by atoms with E-state index in [9.17, 15) is 1.37 Å². The molecule has 0 saturated heterocycles. The predicted molar refractivity (Wildman–Crippen MR) is 195 cm³/mol. The van der Waals surface area contributed by atoms with Crippen LogP contribution in [0.15, 0.2) is 164 Å². The minimum atomic E-state index is 0.203.